The van der Waals surface area contributed by atoms with Crippen molar-refractivity contribution in [2.24, 2.45) is 0 Å². The van der Waals surface area contributed by atoms with E-state index in [2.05, 4.69) is 5.32 Å². The van der Waals surface area contributed by atoms with Crippen molar-refractivity contribution < 1.29 is 18.7 Å². The predicted molar refractivity (Wildman–Crippen MR) is 94.4 cm³/mol. The van der Waals surface area contributed by atoms with Gasteiger partial charge in [-0.2, -0.15) is 0 Å². The molecular formula is C19H21FN2O3. The Kier molecular flexibility index (Phi) is 6.25. The number of carbonyl (C=O) groups is 2. The predicted octanol–water partition coefficient (Wildman–Crippen LogP) is 3.11. The Morgan fingerprint density at radius 2 is 1.96 bits per heavy atom. The van der Waals surface area contributed by atoms with E-state index in [0.29, 0.717) is 23.5 Å². The topological polar surface area (TPSA) is 58.6 Å². The van der Waals surface area contributed by atoms with Crippen LogP contribution in [0.15, 0.2) is 42.5 Å². The fourth-order valence-corrected chi connectivity index (χ4v) is 2.48. The van der Waals surface area contributed by atoms with Gasteiger partial charge in [-0.25, -0.2) is 4.39 Å². The molecule has 0 atom stereocenters. The number of ketones is 1. The number of ether oxygens (including phenoxy) is 1. The molecular weight excluding hydrogens is 323 g/mol. The number of rotatable bonds is 7. The van der Waals surface area contributed by atoms with Gasteiger partial charge in [0.25, 0.3) is 0 Å². The zero-order chi connectivity index (χ0) is 18.4. The Morgan fingerprint density at radius 3 is 2.60 bits per heavy atom. The highest BCUT2D eigenvalue weighted by atomic mass is 19.1. The molecule has 0 unspecified atom stereocenters. The second-order valence-electron chi connectivity index (χ2n) is 5.81. The molecule has 1 amide bonds. The van der Waals surface area contributed by atoms with Crippen molar-refractivity contribution in [1.82, 2.24) is 4.90 Å². The van der Waals surface area contributed by atoms with Crippen molar-refractivity contribution >= 4 is 17.4 Å². The first-order chi connectivity index (χ1) is 11.9. The summed E-state index contributed by atoms with van der Waals surface area (Å²) in [6.07, 6.45) is 0. The number of nitrogens with one attached hydrogen (secondary N) is 1. The first-order valence-corrected chi connectivity index (χ1v) is 7.81. The summed E-state index contributed by atoms with van der Waals surface area (Å²) >= 11 is 0. The van der Waals surface area contributed by atoms with Crippen LogP contribution in [0.5, 0.6) is 5.75 Å². The molecule has 0 fully saturated rings. The second-order valence-corrected chi connectivity index (χ2v) is 5.81. The van der Waals surface area contributed by atoms with E-state index in [0.717, 1.165) is 5.56 Å². The molecule has 25 heavy (non-hydrogen) atoms. The second kappa shape index (κ2) is 8.39. The number of halogens is 1. The van der Waals surface area contributed by atoms with Crippen LogP contribution in [0, 0.1) is 5.82 Å². The molecule has 132 valence electrons. The summed E-state index contributed by atoms with van der Waals surface area (Å²) in [5, 5.41) is 2.65. The Morgan fingerprint density at radius 1 is 1.20 bits per heavy atom. The average molecular weight is 344 g/mol. The first kappa shape index (κ1) is 18.6. The average Bonchev–Trinajstić information content (AvgIpc) is 2.54. The highest BCUT2D eigenvalue weighted by molar-refractivity contribution is 5.94. The van der Waals surface area contributed by atoms with Gasteiger partial charge in [0, 0.05) is 23.4 Å². The van der Waals surface area contributed by atoms with Gasteiger partial charge in [-0.1, -0.05) is 6.07 Å². The molecule has 0 radical (unpaired) electrons. The van der Waals surface area contributed by atoms with E-state index < -0.39 is 5.82 Å². The zero-order valence-electron chi connectivity index (χ0n) is 14.5. The maximum absolute atomic E-state index is 13.2. The fraction of sp³-hybridized carbons (Fsp3) is 0.263. The number of benzene rings is 2. The molecule has 0 aliphatic rings. The minimum absolute atomic E-state index is 0.0320. The molecule has 0 bridgehead atoms. The number of anilines is 1. The van der Waals surface area contributed by atoms with Gasteiger partial charge in [0.1, 0.15) is 11.6 Å². The van der Waals surface area contributed by atoms with E-state index in [-0.39, 0.29) is 18.2 Å². The lowest BCUT2D eigenvalue weighted by atomic mass is 10.1. The Labute approximate surface area is 146 Å². The minimum Gasteiger partial charge on any atom is -0.496 e. The van der Waals surface area contributed by atoms with Gasteiger partial charge >= 0.3 is 0 Å². The number of Topliss-reactive ketones (excluding diaryl/α,β-unsaturated/α-hetero) is 1. The summed E-state index contributed by atoms with van der Waals surface area (Å²) in [7, 11) is 3.34. The summed E-state index contributed by atoms with van der Waals surface area (Å²) < 4.78 is 18.5. The van der Waals surface area contributed by atoms with Gasteiger partial charge in [-0.15, -0.1) is 0 Å². The van der Waals surface area contributed by atoms with Crippen molar-refractivity contribution in [1.29, 1.82) is 0 Å². The number of amides is 1. The number of methoxy groups -OCH3 is 1. The molecule has 0 heterocycles. The largest absolute Gasteiger partial charge is 0.496 e. The summed E-state index contributed by atoms with van der Waals surface area (Å²) in [5.41, 5.74) is 1.82. The van der Waals surface area contributed by atoms with Crippen LogP contribution in [0.3, 0.4) is 0 Å². The van der Waals surface area contributed by atoms with Crippen LogP contribution in [0.4, 0.5) is 10.1 Å². The van der Waals surface area contributed by atoms with Gasteiger partial charge in [0.05, 0.1) is 13.7 Å². The van der Waals surface area contributed by atoms with Crippen LogP contribution in [0.1, 0.15) is 22.8 Å². The van der Waals surface area contributed by atoms with Crippen molar-refractivity contribution in [3.8, 4) is 5.75 Å². The number of carbonyl (C=O) groups excluding carboxylic acids is 2. The Bertz CT molecular complexity index is 777. The molecule has 2 aromatic carbocycles. The summed E-state index contributed by atoms with van der Waals surface area (Å²) in [6, 6.07) is 11.0. The van der Waals surface area contributed by atoms with Crippen molar-refractivity contribution in [2.75, 3.05) is 26.0 Å². The van der Waals surface area contributed by atoms with E-state index in [1.54, 1.807) is 43.3 Å². The van der Waals surface area contributed by atoms with E-state index >= 15 is 0 Å². The molecule has 0 saturated heterocycles. The Hall–Kier alpha value is -2.73. The lowest BCUT2D eigenvalue weighted by Crippen LogP contribution is -2.30. The summed E-state index contributed by atoms with van der Waals surface area (Å²) in [4.78, 5) is 25.4. The SMILES string of the molecule is COc1ccc(C(C)=O)cc1CN(C)CC(=O)Nc1cccc(F)c1. The van der Waals surface area contributed by atoms with Gasteiger partial charge in [0.15, 0.2) is 5.78 Å². The molecule has 6 heteroatoms. The molecule has 2 aromatic rings. The van der Waals surface area contributed by atoms with E-state index in [9.17, 15) is 14.0 Å². The van der Waals surface area contributed by atoms with Crippen LogP contribution in [-0.2, 0) is 11.3 Å². The third-order valence-electron chi connectivity index (χ3n) is 3.65. The van der Waals surface area contributed by atoms with Gasteiger partial charge in [0.2, 0.25) is 5.91 Å². The van der Waals surface area contributed by atoms with Crippen LogP contribution in [0.25, 0.3) is 0 Å². The maximum atomic E-state index is 13.2. The summed E-state index contributed by atoms with van der Waals surface area (Å²) in [6.45, 7) is 2.05. The quantitative estimate of drug-likeness (QED) is 0.784. The third kappa shape index (κ3) is 5.39. The lowest BCUT2D eigenvalue weighted by molar-refractivity contribution is -0.117. The molecule has 2 rings (SSSR count). The van der Waals surface area contributed by atoms with Crippen molar-refractivity contribution in [2.45, 2.75) is 13.5 Å². The highest BCUT2D eigenvalue weighted by Crippen LogP contribution is 2.21. The number of hydrogen-bond acceptors (Lipinski definition) is 4. The third-order valence-corrected chi connectivity index (χ3v) is 3.65. The van der Waals surface area contributed by atoms with Crippen molar-refractivity contribution in [3.63, 3.8) is 0 Å². The van der Waals surface area contributed by atoms with E-state index in [4.69, 9.17) is 4.74 Å². The highest BCUT2D eigenvalue weighted by Gasteiger charge is 2.12. The Balaban J connectivity index is 2.01. The smallest absolute Gasteiger partial charge is 0.238 e. The van der Waals surface area contributed by atoms with Gasteiger partial charge in [-0.05, 0) is 50.4 Å². The number of nitrogens with zero attached hydrogens (tertiary/aromatic N) is 1. The normalized spacial score (nSPS) is 10.6. The standard InChI is InChI=1S/C19H21FN2O3/c1-13(23)14-7-8-18(25-3)15(9-14)11-22(2)12-19(24)21-17-6-4-5-16(20)10-17/h4-10H,11-12H2,1-3H3,(H,21,24). The van der Waals surface area contributed by atoms with Crippen LogP contribution in [0.2, 0.25) is 0 Å². The summed E-state index contributed by atoms with van der Waals surface area (Å²) in [5.74, 6) is -0.0375. The van der Waals surface area contributed by atoms with Crippen LogP contribution in [-0.4, -0.2) is 37.3 Å². The fourth-order valence-electron chi connectivity index (χ4n) is 2.48. The van der Waals surface area contributed by atoms with Gasteiger partial charge in [-0.3, -0.25) is 14.5 Å². The molecule has 0 saturated carbocycles. The van der Waals surface area contributed by atoms with Crippen LogP contribution >= 0.6 is 0 Å². The number of likely N-dealkylation sites (N-methyl/N-ethyl adjacent to an activating group) is 1. The molecule has 0 aliphatic carbocycles. The molecule has 0 aromatic heterocycles. The minimum atomic E-state index is -0.406. The molecule has 1 N–H and O–H groups in total. The molecule has 0 aliphatic heterocycles. The number of hydrogen-bond donors (Lipinski definition) is 1. The van der Waals surface area contributed by atoms with Gasteiger partial charge < -0.3 is 10.1 Å². The van der Waals surface area contributed by atoms with E-state index in [1.165, 1.54) is 25.1 Å². The maximum Gasteiger partial charge on any atom is 0.238 e. The molecule has 5 nitrogen and oxygen atoms in total. The van der Waals surface area contributed by atoms with Crippen molar-refractivity contribution in [3.05, 3.63) is 59.4 Å². The van der Waals surface area contributed by atoms with Crippen LogP contribution < -0.4 is 10.1 Å². The first-order valence-electron chi connectivity index (χ1n) is 7.81. The monoisotopic (exact) mass is 344 g/mol. The lowest BCUT2D eigenvalue weighted by Gasteiger charge is -2.18. The van der Waals surface area contributed by atoms with E-state index in [1.807, 2.05) is 0 Å². The zero-order valence-corrected chi connectivity index (χ0v) is 14.5. The molecule has 0 spiro atoms.